The Bertz CT molecular complexity index is 376. The fraction of sp³-hybridized carbons (Fsp3) is 0.500. The normalized spacial score (nSPS) is 12.3. The Morgan fingerprint density at radius 3 is 2.39 bits per heavy atom. The Labute approximate surface area is 122 Å². The molecule has 100 valence electrons. The van der Waals surface area contributed by atoms with Crippen molar-refractivity contribution in [3.8, 4) is 5.75 Å². The number of benzene rings is 1. The van der Waals surface area contributed by atoms with E-state index in [2.05, 4.69) is 41.8 Å². The summed E-state index contributed by atoms with van der Waals surface area (Å²) in [5.41, 5.74) is 0.675. The molecule has 0 saturated carbocycles. The van der Waals surface area contributed by atoms with E-state index in [1.807, 2.05) is 19.1 Å². The molecule has 0 aliphatic heterocycles. The number of carbonyl (C=O) groups excluding carboxylic acids is 1. The molecular weight excluding hydrogens is 341 g/mol. The predicted molar refractivity (Wildman–Crippen MR) is 82.6 cm³/mol. The highest BCUT2D eigenvalue weighted by Gasteiger charge is 2.15. The molecule has 1 rings (SSSR count). The molecular formula is C14H20INO2. The molecule has 0 bridgehead atoms. The van der Waals surface area contributed by atoms with Crippen molar-refractivity contribution < 1.29 is 9.53 Å². The van der Waals surface area contributed by atoms with Gasteiger partial charge in [-0.2, -0.15) is 0 Å². The van der Waals surface area contributed by atoms with Crippen LogP contribution in [-0.4, -0.2) is 23.0 Å². The average Bonchev–Trinajstić information content (AvgIpc) is 2.36. The molecule has 0 saturated heterocycles. The van der Waals surface area contributed by atoms with Gasteiger partial charge in [-0.3, -0.25) is 4.79 Å². The van der Waals surface area contributed by atoms with Crippen LogP contribution < -0.4 is 10.1 Å². The van der Waals surface area contributed by atoms with Crippen LogP contribution in [0.3, 0.4) is 0 Å². The minimum atomic E-state index is -0.0200. The van der Waals surface area contributed by atoms with E-state index in [1.165, 1.54) is 0 Å². The van der Waals surface area contributed by atoms with Crippen LogP contribution in [-0.2, 0) is 0 Å². The van der Waals surface area contributed by atoms with E-state index in [0.717, 1.165) is 10.2 Å². The zero-order valence-corrected chi connectivity index (χ0v) is 13.2. The molecule has 0 aliphatic rings. The third-order valence-corrected chi connectivity index (χ3v) is 3.66. The molecule has 3 nitrogen and oxygen atoms in total. The Balaban J connectivity index is 2.66. The van der Waals surface area contributed by atoms with Gasteiger partial charge in [0.2, 0.25) is 0 Å². The Morgan fingerprint density at radius 1 is 1.33 bits per heavy atom. The van der Waals surface area contributed by atoms with Crippen molar-refractivity contribution in [2.24, 2.45) is 5.92 Å². The first-order valence-corrected chi connectivity index (χ1v) is 7.70. The van der Waals surface area contributed by atoms with E-state index in [-0.39, 0.29) is 11.9 Å². The molecule has 4 heteroatoms. The highest BCUT2D eigenvalue weighted by atomic mass is 127. The SMILES string of the molecule is CCOc1ccc(C(=O)NC(CI)C(C)C)cc1. The number of hydrogen-bond donors (Lipinski definition) is 1. The van der Waals surface area contributed by atoms with Crippen LogP contribution in [0, 0.1) is 5.92 Å². The Morgan fingerprint density at radius 2 is 1.94 bits per heavy atom. The number of ether oxygens (including phenoxy) is 1. The van der Waals surface area contributed by atoms with E-state index in [0.29, 0.717) is 18.1 Å². The lowest BCUT2D eigenvalue weighted by Gasteiger charge is -2.20. The molecule has 0 radical (unpaired) electrons. The van der Waals surface area contributed by atoms with Gasteiger partial charge in [-0.1, -0.05) is 36.4 Å². The third kappa shape index (κ3) is 4.48. The van der Waals surface area contributed by atoms with E-state index in [1.54, 1.807) is 12.1 Å². The van der Waals surface area contributed by atoms with Gasteiger partial charge in [-0.15, -0.1) is 0 Å². The monoisotopic (exact) mass is 361 g/mol. The standard InChI is InChI=1S/C14H20INO2/c1-4-18-12-7-5-11(6-8-12)14(17)16-13(9-15)10(2)3/h5-8,10,13H,4,9H2,1-3H3,(H,16,17). The summed E-state index contributed by atoms with van der Waals surface area (Å²) in [6, 6.07) is 7.46. The van der Waals surface area contributed by atoms with Crippen molar-refractivity contribution >= 4 is 28.5 Å². The first-order valence-electron chi connectivity index (χ1n) is 6.18. The van der Waals surface area contributed by atoms with Crippen molar-refractivity contribution in [3.05, 3.63) is 29.8 Å². The maximum absolute atomic E-state index is 12.0. The first kappa shape index (κ1) is 15.3. The van der Waals surface area contributed by atoms with Gasteiger partial charge in [0, 0.05) is 16.0 Å². The second-order valence-electron chi connectivity index (χ2n) is 4.44. The molecule has 1 N–H and O–H groups in total. The van der Waals surface area contributed by atoms with Gasteiger partial charge in [0.1, 0.15) is 5.75 Å². The fourth-order valence-corrected chi connectivity index (χ4v) is 2.74. The van der Waals surface area contributed by atoms with Crippen LogP contribution in [0.15, 0.2) is 24.3 Å². The van der Waals surface area contributed by atoms with E-state index in [4.69, 9.17) is 4.74 Å². The summed E-state index contributed by atoms with van der Waals surface area (Å²) in [7, 11) is 0. The minimum Gasteiger partial charge on any atom is -0.494 e. The molecule has 0 spiro atoms. The summed E-state index contributed by atoms with van der Waals surface area (Å²) in [4.78, 5) is 12.0. The molecule has 1 aromatic rings. The smallest absolute Gasteiger partial charge is 0.251 e. The zero-order valence-electron chi connectivity index (χ0n) is 11.1. The molecule has 18 heavy (non-hydrogen) atoms. The van der Waals surface area contributed by atoms with Crippen molar-refractivity contribution in [1.29, 1.82) is 0 Å². The number of alkyl halides is 1. The molecule has 1 unspecified atom stereocenters. The maximum atomic E-state index is 12.0. The zero-order chi connectivity index (χ0) is 13.5. The topological polar surface area (TPSA) is 38.3 Å². The van der Waals surface area contributed by atoms with E-state index >= 15 is 0 Å². The van der Waals surface area contributed by atoms with Gasteiger partial charge in [-0.05, 0) is 37.1 Å². The van der Waals surface area contributed by atoms with Crippen molar-refractivity contribution in [2.45, 2.75) is 26.8 Å². The lowest BCUT2D eigenvalue weighted by molar-refractivity contribution is 0.0932. The number of halogens is 1. The van der Waals surface area contributed by atoms with Crippen LogP contribution in [0.4, 0.5) is 0 Å². The molecule has 1 aromatic carbocycles. The summed E-state index contributed by atoms with van der Waals surface area (Å²) in [6.45, 7) is 6.80. The summed E-state index contributed by atoms with van der Waals surface area (Å²) in [5.74, 6) is 1.21. The predicted octanol–water partition coefficient (Wildman–Crippen LogP) is 3.27. The quantitative estimate of drug-likeness (QED) is 0.624. The van der Waals surface area contributed by atoms with Crippen LogP contribution in [0.1, 0.15) is 31.1 Å². The number of amides is 1. The third-order valence-electron chi connectivity index (χ3n) is 2.71. The first-order chi connectivity index (χ1) is 8.58. The van der Waals surface area contributed by atoms with Gasteiger partial charge >= 0.3 is 0 Å². The molecule has 0 aromatic heterocycles. The Hall–Kier alpha value is -0.780. The van der Waals surface area contributed by atoms with Crippen LogP contribution in [0.25, 0.3) is 0 Å². The lowest BCUT2D eigenvalue weighted by Crippen LogP contribution is -2.39. The lowest BCUT2D eigenvalue weighted by atomic mass is 10.1. The molecule has 1 amide bonds. The van der Waals surface area contributed by atoms with E-state index < -0.39 is 0 Å². The molecule has 0 fully saturated rings. The Kier molecular flexibility index (Phi) is 6.46. The summed E-state index contributed by atoms with van der Waals surface area (Å²) >= 11 is 2.30. The largest absolute Gasteiger partial charge is 0.494 e. The fourth-order valence-electron chi connectivity index (χ4n) is 1.50. The highest BCUT2D eigenvalue weighted by molar-refractivity contribution is 14.1. The van der Waals surface area contributed by atoms with Crippen LogP contribution >= 0.6 is 22.6 Å². The van der Waals surface area contributed by atoms with Gasteiger partial charge in [-0.25, -0.2) is 0 Å². The van der Waals surface area contributed by atoms with Crippen molar-refractivity contribution in [1.82, 2.24) is 5.32 Å². The van der Waals surface area contributed by atoms with E-state index in [9.17, 15) is 4.79 Å². The number of carbonyl (C=O) groups is 1. The summed E-state index contributed by atoms with van der Waals surface area (Å²) in [5, 5.41) is 3.05. The molecule has 0 heterocycles. The average molecular weight is 361 g/mol. The van der Waals surface area contributed by atoms with Gasteiger partial charge in [0.15, 0.2) is 0 Å². The highest BCUT2D eigenvalue weighted by Crippen LogP contribution is 2.13. The summed E-state index contributed by atoms with van der Waals surface area (Å²) < 4.78 is 6.26. The van der Waals surface area contributed by atoms with Crippen molar-refractivity contribution in [3.63, 3.8) is 0 Å². The number of hydrogen-bond acceptors (Lipinski definition) is 2. The second kappa shape index (κ2) is 7.61. The second-order valence-corrected chi connectivity index (χ2v) is 5.32. The number of nitrogens with one attached hydrogen (secondary N) is 1. The molecule has 1 atom stereocenters. The summed E-state index contributed by atoms with van der Waals surface area (Å²) in [6.07, 6.45) is 0. The molecule has 0 aliphatic carbocycles. The van der Waals surface area contributed by atoms with Gasteiger partial charge in [0.05, 0.1) is 6.61 Å². The minimum absolute atomic E-state index is 0.0200. The number of rotatable bonds is 6. The maximum Gasteiger partial charge on any atom is 0.251 e. The van der Waals surface area contributed by atoms with Gasteiger partial charge < -0.3 is 10.1 Å². The van der Waals surface area contributed by atoms with Crippen molar-refractivity contribution in [2.75, 3.05) is 11.0 Å². The van der Waals surface area contributed by atoms with Crippen LogP contribution in [0.2, 0.25) is 0 Å². The van der Waals surface area contributed by atoms with Gasteiger partial charge in [0.25, 0.3) is 5.91 Å². The van der Waals surface area contributed by atoms with Crippen LogP contribution in [0.5, 0.6) is 5.75 Å².